The maximum absolute atomic E-state index is 12.2. The third kappa shape index (κ3) is 5.89. The molecule has 0 aliphatic heterocycles. The fraction of sp³-hybridized carbons (Fsp3) is 0.214. The summed E-state index contributed by atoms with van der Waals surface area (Å²) >= 11 is 0. The van der Waals surface area contributed by atoms with Gasteiger partial charge in [0.2, 0.25) is 5.88 Å². The van der Waals surface area contributed by atoms with Gasteiger partial charge in [-0.3, -0.25) is 14.3 Å². The topological polar surface area (TPSA) is 110 Å². The molecule has 0 unspecified atom stereocenters. The third-order valence-electron chi connectivity index (χ3n) is 2.78. The Morgan fingerprint density at radius 3 is 2.69 bits per heavy atom. The van der Waals surface area contributed by atoms with Crippen molar-refractivity contribution < 1.29 is 27.5 Å². The van der Waals surface area contributed by atoms with Gasteiger partial charge < -0.3 is 10.1 Å². The second-order valence-electron chi connectivity index (χ2n) is 4.80. The molecule has 0 fully saturated rings. The molecule has 2 heterocycles. The van der Waals surface area contributed by atoms with Crippen molar-refractivity contribution in [3.05, 3.63) is 36.3 Å². The van der Waals surface area contributed by atoms with Crippen molar-refractivity contribution in [2.24, 2.45) is 5.10 Å². The number of carbonyl (C=O) groups is 2. The predicted octanol–water partition coefficient (Wildman–Crippen LogP) is 0.938. The van der Waals surface area contributed by atoms with Crippen LogP contribution in [-0.4, -0.2) is 46.1 Å². The van der Waals surface area contributed by atoms with E-state index >= 15 is 0 Å². The number of ether oxygens (including phenoxy) is 1. The summed E-state index contributed by atoms with van der Waals surface area (Å²) in [6.45, 7) is -1.24. The quantitative estimate of drug-likeness (QED) is 0.462. The molecule has 12 heteroatoms. The molecule has 2 aromatic rings. The standard InChI is InChI=1S/C14H13F3N6O3/c1-26-11-3-2-9(6-18-11)20-12(24)13(25)21-19-7-10-4-5-23(22-10)8-14(15,16)17/h2-7H,8H2,1H3,(H,20,24)(H,21,25)/b19-7-. The summed E-state index contributed by atoms with van der Waals surface area (Å²) in [6, 6.07) is 4.24. The molecule has 0 spiro atoms. The van der Waals surface area contributed by atoms with Gasteiger partial charge in [0.15, 0.2) is 0 Å². The molecular weight excluding hydrogens is 357 g/mol. The smallest absolute Gasteiger partial charge is 0.408 e. The van der Waals surface area contributed by atoms with Gasteiger partial charge in [-0.1, -0.05) is 0 Å². The van der Waals surface area contributed by atoms with Gasteiger partial charge in [0.25, 0.3) is 0 Å². The first-order valence-corrected chi connectivity index (χ1v) is 7.01. The van der Waals surface area contributed by atoms with Gasteiger partial charge in [-0.2, -0.15) is 23.4 Å². The highest BCUT2D eigenvalue weighted by Crippen LogP contribution is 2.16. The van der Waals surface area contributed by atoms with Crippen LogP contribution in [0.1, 0.15) is 5.69 Å². The first-order valence-electron chi connectivity index (χ1n) is 7.01. The van der Waals surface area contributed by atoms with Crippen molar-refractivity contribution in [1.29, 1.82) is 0 Å². The minimum atomic E-state index is -4.40. The zero-order valence-corrected chi connectivity index (χ0v) is 13.3. The van der Waals surface area contributed by atoms with Crippen LogP contribution in [0.3, 0.4) is 0 Å². The van der Waals surface area contributed by atoms with Crippen molar-refractivity contribution >= 4 is 23.7 Å². The van der Waals surface area contributed by atoms with Crippen molar-refractivity contribution in [3.8, 4) is 5.88 Å². The molecule has 2 N–H and O–H groups in total. The van der Waals surface area contributed by atoms with E-state index in [1.807, 2.05) is 5.43 Å². The number of hydrogen-bond acceptors (Lipinski definition) is 6. The normalized spacial score (nSPS) is 11.4. The van der Waals surface area contributed by atoms with Crippen LogP contribution in [0.4, 0.5) is 18.9 Å². The fourth-order valence-corrected chi connectivity index (χ4v) is 1.69. The van der Waals surface area contributed by atoms with Gasteiger partial charge in [0, 0.05) is 12.3 Å². The van der Waals surface area contributed by atoms with Crippen LogP contribution in [0, 0.1) is 0 Å². The number of pyridine rings is 1. The highest BCUT2D eigenvalue weighted by molar-refractivity contribution is 6.39. The summed E-state index contributed by atoms with van der Waals surface area (Å²) in [7, 11) is 1.43. The second-order valence-corrected chi connectivity index (χ2v) is 4.80. The molecular formula is C14H13F3N6O3. The van der Waals surface area contributed by atoms with E-state index in [0.717, 1.165) is 12.4 Å². The number of amides is 2. The van der Waals surface area contributed by atoms with Crippen molar-refractivity contribution in [1.82, 2.24) is 20.2 Å². The highest BCUT2D eigenvalue weighted by Gasteiger charge is 2.28. The van der Waals surface area contributed by atoms with Crippen LogP contribution in [0.2, 0.25) is 0 Å². The number of aromatic nitrogens is 3. The first-order chi connectivity index (χ1) is 12.3. The van der Waals surface area contributed by atoms with Crippen molar-refractivity contribution in [2.45, 2.75) is 12.7 Å². The van der Waals surface area contributed by atoms with Crippen LogP contribution >= 0.6 is 0 Å². The number of halogens is 3. The van der Waals surface area contributed by atoms with E-state index in [0.29, 0.717) is 10.6 Å². The Balaban J connectivity index is 1.85. The van der Waals surface area contributed by atoms with Gasteiger partial charge >= 0.3 is 18.0 Å². The minimum Gasteiger partial charge on any atom is -0.481 e. The molecule has 138 valence electrons. The summed E-state index contributed by atoms with van der Waals surface area (Å²) in [5.41, 5.74) is 2.28. The van der Waals surface area contributed by atoms with E-state index in [4.69, 9.17) is 4.74 Å². The number of carbonyl (C=O) groups excluding carboxylic acids is 2. The Morgan fingerprint density at radius 2 is 2.08 bits per heavy atom. The van der Waals surface area contributed by atoms with Crippen LogP contribution in [0.5, 0.6) is 5.88 Å². The van der Waals surface area contributed by atoms with Crippen LogP contribution in [0.25, 0.3) is 0 Å². The molecule has 0 saturated heterocycles. The molecule has 0 atom stereocenters. The number of hydrazone groups is 1. The van der Waals surface area contributed by atoms with E-state index in [1.54, 1.807) is 0 Å². The monoisotopic (exact) mass is 370 g/mol. The third-order valence-corrected chi connectivity index (χ3v) is 2.78. The average molecular weight is 370 g/mol. The number of methoxy groups -OCH3 is 1. The van der Waals surface area contributed by atoms with Crippen LogP contribution < -0.4 is 15.5 Å². The number of anilines is 1. The molecule has 0 bridgehead atoms. The van der Waals surface area contributed by atoms with Gasteiger partial charge in [0.05, 0.1) is 25.2 Å². The average Bonchev–Trinajstić information content (AvgIpc) is 3.00. The lowest BCUT2D eigenvalue weighted by molar-refractivity contribution is -0.142. The molecule has 2 rings (SSSR count). The molecule has 9 nitrogen and oxygen atoms in total. The van der Waals surface area contributed by atoms with Gasteiger partial charge in [-0.25, -0.2) is 10.4 Å². The Morgan fingerprint density at radius 1 is 1.31 bits per heavy atom. The molecule has 0 saturated carbocycles. The van der Waals surface area contributed by atoms with Gasteiger partial charge in [0.1, 0.15) is 12.2 Å². The molecule has 26 heavy (non-hydrogen) atoms. The molecule has 0 radical (unpaired) electrons. The Labute approximate surface area is 144 Å². The zero-order chi connectivity index (χ0) is 19.2. The molecule has 2 amide bonds. The van der Waals surface area contributed by atoms with Gasteiger partial charge in [-0.15, -0.1) is 0 Å². The summed E-state index contributed by atoms with van der Waals surface area (Å²) in [4.78, 5) is 27.1. The number of hydrogen-bond donors (Lipinski definition) is 2. The minimum absolute atomic E-state index is 0.0781. The lowest BCUT2D eigenvalue weighted by Gasteiger charge is -2.05. The molecule has 0 aliphatic rings. The fourth-order valence-electron chi connectivity index (χ4n) is 1.69. The van der Waals surface area contributed by atoms with Crippen LogP contribution in [0.15, 0.2) is 35.7 Å². The molecule has 0 aromatic carbocycles. The number of alkyl halides is 3. The maximum Gasteiger partial charge on any atom is 0.408 e. The Bertz CT molecular complexity index is 801. The van der Waals surface area contributed by atoms with Crippen molar-refractivity contribution in [2.75, 3.05) is 12.4 Å². The highest BCUT2D eigenvalue weighted by atomic mass is 19.4. The van der Waals surface area contributed by atoms with E-state index in [-0.39, 0.29) is 11.4 Å². The first kappa shape index (κ1) is 18.9. The second kappa shape index (κ2) is 8.09. The number of nitrogens with zero attached hydrogens (tertiary/aromatic N) is 4. The van der Waals surface area contributed by atoms with Crippen LogP contribution in [-0.2, 0) is 16.1 Å². The largest absolute Gasteiger partial charge is 0.481 e. The zero-order valence-electron chi connectivity index (χ0n) is 13.3. The summed E-state index contributed by atoms with van der Waals surface area (Å²) in [5, 5.41) is 9.34. The summed E-state index contributed by atoms with van der Waals surface area (Å²) < 4.78 is 42.2. The SMILES string of the molecule is COc1ccc(NC(=O)C(=O)N/N=C\c2ccn(CC(F)(F)F)n2)cn1. The summed E-state index contributed by atoms with van der Waals surface area (Å²) in [6.07, 6.45) is -0.989. The lowest BCUT2D eigenvalue weighted by atomic mass is 10.4. The van der Waals surface area contributed by atoms with E-state index in [1.165, 1.54) is 31.5 Å². The van der Waals surface area contributed by atoms with E-state index < -0.39 is 24.5 Å². The number of nitrogens with one attached hydrogen (secondary N) is 2. The predicted molar refractivity (Wildman–Crippen MR) is 83.4 cm³/mol. The number of rotatable bonds is 5. The molecule has 0 aliphatic carbocycles. The lowest BCUT2D eigenvalue weighted by Crippen LogP contribution is -2.32. The summed E-state index contributed by atoms with van der Waals surface area (Å²) in [5.74, 6) is -1.74. The molecule has 2 aromatic heterocycles. The Kier molecular flexibility index (Phi) is 5.88. The van der Waals surface area contributed by atoms with E-state index in [2.05, 4.69) is 20.5 Å². The van der Waals surface area contributed by atoms with Crippen molar-refractivity contribution in [3.63, 3.8) is 0 Å². The van der Waals surface area contributed by atoms with E-state index in [9.17, 15) is 22.8 Å². The van der Waals surface area contributed by atoms with Gasteiger partial charge in [-0.05, 0) is 12.1 Å². The maximum atomic E-state index is 12.2. The Hall–Kier alpha value is -3.44.